The van der Waals surface area contributed by atoms with Crippen LogP contribution < -0.4 is 10.6 Å². The summed E-state index contributed by atoms with van der Waals surface area (Å²) in [5.74, 6) is 0.138. The Kier molecular flexibility index (Phi) is 2.89. The summed E-state index contributed by atoms with van der Waals surface area (Å²) in [6.07, 6.45) is 1.99. The highest BCUT2D eigenvalue weighted by atomic mass is 16.2. The van der Waals surface area contributed by atoms with Crippen molar-refractivity contribution in [3.05, 3.63) is 30.3 Å². The third kappa shape index (κ3) is 1.95. The van der Waals surface area contributed by atoms with Crippen LogP contribution in [0.4, 0.5) is 10.5 Å². The second kappa shape index (κ2) is 4.57. The van der Waals surface area contributed by atoms with E-state index in [1.54, 1.807) is 4.90 Å². The highest BCUT2D eigenvalue weighted by Gasteiger charge is 2.44. The molecule has 0 aromatic heterocycles. The highest BCUT2D eigenvalue weighted by Crippen LogP contribution is 2.34. The lowest BCUT2D eigenvalue weighted by molar-refractivity contribution is -0.120. The molecule has 19 heavy (non-hydrogen) atoms. The molecule has 5 nitrogen and oxygen atoms in total. The van der Waals surface area contributed by atoms with Crippen LogP contribution in [0, 0.1) is 0 Å². The molecule has 2 saturated heterocycles. The van der Waals surface area contributed by atoms with E-state index < -0.39 is 0 Å². The number of piperidine rings is 1. The van der Waals surface area contributed by atoms with Gasteiger partial charge in [-0.05, 0) is 25.0 Å². The minimum Gasteiger partial charge on any atom is -0.351 e. The number of amides is 3. The second-order valence-corrected chi connectivity index (χ2v) is 5.09. The first kappa shape index (κ1) is 12.0. The van der Waals surface area contributed by atoms with Crippen molar-refractivity contribution in [3.63, 3.8) is 0 Å². The van der Waals surface area contributed by atoms with E-state index in [4.69, 9.17) is 5.73 Å². The normalized spacial score (nSPS) is 26.4. The predicted molar refractivity (Wildman–Crippen MR) is 71.6 cm³/mol. The van der Waals surface area contributed by atoms with Crippen molar-refractivity contribution in [1.29, 1.82) is 0 Å². The molecule has 1 aromatic carbocycles. The van der Waals surface area contributed by atoms with Gasteiger partial charge < -0.3 is 15.5 Å². The van der Waals surface area contributed by atoms with Crippen LogP contribution in [0.3, 0.4) is 0 Å². The standard InChI is InChI=1S/C14H17N3O2/c15-14(19)16-9-8-12-11(16)6-7-13(18)17(12)10-4-2-1-3-5-10/h1-5,11-12H,6-9H2,(H2,15,19)/t11-,12-/m1/s1. The number of benzene rings is 1. The molecule has 2 N–H and O–H groups in total. The molecule has 0 saturated carbocycles. The first-order valence-corrected chi connectivity index (χ1v) is 6.61. The predicted octanol–water partition coefficient (Wildman–Crippen LogP) is 1.33. The molecule has 2 heterocycles. The Labute approximate surface area is 112 Å². The molecular formula is C14H17N3O2. The van der Waals surface area contributed by atoms with Crippen LogP contribution in [0.5, 0.6) is 0 Å². The number of hydrogen-bond acceptors (Lipinski definition) is 2. The van der Waals surface area contributed by atoms with Crippen LogP contribution in [0.25, 0.3) is 0 Å². The summed E-state index contributed by atoms with van der Waals surface area (Å²) >= 11 is 0. The largest absolute Gasteiger partial charge is 0.351 e. The van der Waals surface area contributed by atoms with Gasteiger partial charge in [-0.1, -0.05) is 18.2 Å². The quantitative estimate of drug-likeness (QED) is 0.827. The van der Waals surface area contributed by atoms with Gasteiger partial charge in [-0.25, -0.2) is 4.79 Å². The van der Waals surface area contributed by atoms with Crippen LogP contribution in [0.15, 0.2) is 30.3 Å². The summed E-state index contributed by atoms with van der Waals surface area (Å²) in [6, 6.07) is 9.40. The van der Waals surface area contributed by atoms with Gasteiger partial charge in [0, 0.05) is 18.7 Å². The summed E-state index contributed by atoms with van der Waals surface area (Å²) in [7, 11) is 0. The van der Waals surface area contributed by atoms with Crippen molar-refractivity contribution >= 4 is 17.6 Å². The number of rotatable bonds is 1. The van der Waals surface area contributed by atoms with Crippen LogP contribution in [-0.4, -0.2) is 35.5 Å². The number of carbonyl (C=O) groups excluding carboxylic acids is 2. The summed E-state index contributed by atoms with van der Waals surface area (Å²) in [4.78, 5) is 27.2. The van der Waals surface area contributed by atoms with Crippen molar-refractivity contribution in [1.82, 2.24) is 4.90 Å². The van der Waals surface area contributed by atoms with Gasteiger partial charge >= 0.3 is 6.03 Å². The minimum atomic E-state index is -0.380. The molecule has 0 spiro atoms. The molecule has 3 rings (SSSR count). The lowest BCUT2D eigenvalue weighted by atomic mass is 9.95. The monoisotopic (exact) mass is 259 g/mol. The lowest BCUT2D eigenvalue weighted by Gasteiger charge is -2.39. The number of nitrogens with two attached hydrogens (primary N) is 1. The van der Waals surface area contributed by atoms with Crippen molar-refractivity contribution in [2.24, 2.45) is 5.73 Å². The van der Waals surface area contributed by atoms with Gasteiger partial charge in [0.2, 0.25) is 5.91 Å². The maximum Gasteiger partial charge on any atom is 0.315 e. The molecule has 0 bridgehead atoms. The lowest BCUT2D eigenvalue weighted by Crippen LogP contribution is -2.54. The molecule has 5 heteroatoms. The first-order chi connectivity index (χ1) is 9.18. The van der Waals surface area contributed by atoms with Gasteiger partial charge in [0.25, 0.3) is 0 Å². The van der Waals surface area contributed by atoms with Crippen molar-refractivity contribution in [2.45, 2.75) is 31.3 Å². The third-order valence-electron chi connectivity index (χ3n) is 4.08. The third-order valence-corrected chi connectivity index (χ3v) is 4.08. The molecular weight excluding hydrogens is 242 g/mol. The average Bonchev–Trinajstić information content (AvgIpc) is 2.83. The smallest absolute Gasteiger partial charge is 0.315 e. The number of hydrogen-bond donors (Lipinski definition) is 1. The highest BCUT2D eigenvalue weighted by molar-refractivity contribution is 5.95. The van der Waals surface area contributed by atoms with E-state index in [9.17, 15) is 9.59 Å². The van der Waals surface area contributed by atoms with Crippen LogP contribution in [0.1, 0.15) is 19.3 Å². The fraction of sp³-hybridized carbons (Fsp3) is 0.429. The number of likely N-dealkylation sites (tertiary alicyclic amines) is 1. The molecule has 2 aliphatic rings. The van der Waals surface area contributed by atoms with Crippen molar-refractivity contribution in [2.75, 3.05) is 11.4 Å². The Morgan fingerprint density at radius 3 is 2.58 bits per heavy atom. The maximum absolute atomic E-state index is 12.2. The number of para-hydroxylation sites is 1. The zero-order chi connectivity index (χ0) is 13.4. The molecule has 0 aliphatic carbocycles. The summed E-state index contributed by atoms with van der Waals surface area (Å²) in [5.41, 5.74) is 6.32. The zero-order valence-electron chi connectivity index (χ0n) is 10.7. The van der Waals surface area contributed by atoms with E-state index in [2.05, 4.69) is 0 Å². The molecule has 2 fully saturated rings. The number of urea groups is 1. The Morgan fingerprint density at radius 1 is 1.16 bits per heavy atom. The van der Waals surface area contributed by atoms with Crippen LogP contribution >= 0.6 is 0 Å². The SMILES string of the molecule is NC(=O)N1CC[C@@H]2[C@H]1CCC(=O)N2c1ccccc1. The van der Waals surface area contributed by atoms with Gasteiger partial charge in [-0.15, -0.1) is 0 Å². The Morgan fingerprint density at radius 2 is 1.89 bits per heavy atom. The maximum atomic E-state index is 12.2. The number of anilines is 1. The van der Waals surface area contributed by atoms with Gasteiger partial charge in [0.1, 0.15) is 0 Å². The molecule has 2 atom stereocenters. The van der Waals surface area contributed by atoms with Gasteiger partial charge in [-0.2, -0.15) is 0 Å². The summed E-state index contributed by atoms with van der Waals surface area (Å²) < 4.78 is 0. The summed E-state index contributed by atoms with van der Waals surface area (Å²) in [5, 5.41) is 0. The Bertz CT molecular complexity index is 503. The van der Waals surface area contributed by atoms with Gasteiger partial charge in [-0.3, -0.25) is 4.79 Å². The minimum absolute atomic E-state index is 0.0652. The van der Waals surface area contributed by atoms with E-state index in [1.807, 2.05) is 35.2 Å². The number of carbonyl (C=O) groups is 2. The number of primary amides is 1. The number of nitrogens with zero attached hydrogens (tertiary/aromatic N) is 2. The first-order valence-electron chi connectivity index (χ1n) is 6.61. The van der Waals surface area contributed by atoms with Gasteiger partial charge in [0.05, 0.1) is 12.1 Å². The Balaban J connectivity index is 1.92. The van der Waals surface area contributed by atoms with E-state index in [-0.39, 0.29) is 24.0 Å². The van der Waals surface area contributed by atoms with Crippen molar-refractivity contribution in [3.8, 4) is 0 Å². The molecule has 3 amide bonds. The summed E-state index contributed by atoms with van der Waals surface area (Å²) in [6.45, 7) is 0.640. The van der Waals surface area contributed by atoms with E-state index in [1.165, 1.54) is 0 Å². The fourth-order valence-corrected chi connectivity index (χ4v) is 3.26. The fourth-order valence-electron chi connectivity index (χ4n) is 3.26. The van der Waals surface area contributed by atoms with Crippen molar-refractivity contribution < 1.29 is 9.59 Å². The zero-order valence-corrected chi connectivity index (χ0v) is 10.7. The number of fused-ring (bicyclic) bond motifs is 1. The molecule has 2 aliphatic heterocycles. The molecule has 100 valence electrons. The topological polar surface area (TPSA) is 66.6 Å². The van der Waals surface area contributed by atoms with E-state index in [0.29, 0.717) is 13.0 Å². The van der Waals surface area contributed by atoms with Gasteiger partial charge in [0.15, 0.2) is 0 Å². The molecule has 1 aromatic rings. The van der Waals surface area contributed by atoms with Crippen LogP contribution in [0.2, 0.25) is 0 Å². The Hall–Kier alpha value is -2.04. The molecule has 0 radical (unpaired) electrons. The molecule has 0 unspecified atom stereocenters. The van der Waals surface area contributed by atoms with Crippen LogP contribution in [-0.2, 0) is 4.79 Å². The average molecular weight is 259 g/mol. The van der Waals surface area contributed by atoms with E-state index >= 15 is 0 Å². The second-order valence-electron chi connectivity index (χ2n) is 5.09. The van der Waals surface area contributed by atoms with E-state index in [0.717, 1.165) is 18.5 Å².